The molecule has 0 bridgehead atoms. The Labute approximate surface area is 213 Å². The Balaban J connectivity index is 1.65. The van der Waals surface area contributed by atoms with E-state index in [1.807, 2.05) is 0 Å². The fourth-order valence-electron chi connectivity index (χ4n) is 5.83. The van der Waals surface area contributed by atoms with Crippen molar-refractivity contribution in [1.82, 2.24) is 4.57 Å². The van der Waals surface area contributed by atoms with Crippen LogP contribution < -0.4 is 0 Å². The molecular weight excluding hydrogens is 490 g/mol. The number of aromatic nitrogens is 1. The minimum Gasteiger partial charge on any atom is -0.309 e. The molecule has 2 heterocycles. The molecule has 2 heteroatoms. The quantitative estimate of drug-likeness (QED) is 0.217. The lowest BCUT2D eigenvalue weighted by molar-refractivity contribution is 0.630. The second kappa shape index (κ2) is 7.44. The summed E-state index contributed by atoms with van der Waals surface area (Å²) < 4.78 is 3.60. The van der Waals surface area contributed by atoms with Gasteiger partial charge in [-0.25, -0.2) is 0 Å². The molecule has 1 nitrogen and oxygen atoms in total. The molecule has 168 valence electrons. The van der Waals surface area contributed by atoms with Gasteiger partial charge < -0.3 is 4.57 Å². The van der Waals surface area contributed by atoms with Crippen molar-refractivity contribution in [2.45, 2.75) is 19.3 Å². The summed E-state index contributed by atoms with van der Waals surface area (Å²) in [4.78, 5) is 0. The SMILES string of the molecule is CC1(C)c2cc(Br)ccc2-n2c3ccc(-c4ccccc4)cc3c3cc(-c4ccccc4)cc1c32. The molecular formula is C33H24BrN. The minimum atomic E-state index is -0.130. The molecule has 0 amide bonds. The van der Waals surface area contributed by atoms with Gasteiger partial charge in [-0.15, -0.1) is 0 Å². The van der Waals surface area contributed by atoms with Crippen molar-refractivity contribution in [1.29, 1.82) is 0 Å². The van der Waals surface area contributed by atoms with Crippen LogP contribution in [0.15, 0.2) is 114 Å². The van der Waals surface area contributed by atoms with E-state index in [1.54, 1.807) is 0 Å². The molecule has 0 fully saturated rings. The molecule has 7 rings (SSSR count). The average molecular weight is 514 g/mol. The van der Waals surface area contributed by atoms with E-state index < -0.39 is 0 Å². The van der Waals surface area contributed by atoms with Gasteiger partial charge in [0.05, 0.1) is 16.7 Å². The van der Waals surface area contributed by atoms with Gasteiger partial charge in [0.15, 0.2) is 0 Å². The zero-order valence-corrected chi connectivity index (χ0v) is 21.3. The Hall–Kier alpha value is -3.62. The number of rotatable bonds is 2. The molecule has 0 saturated heterocycles. The van der Waals surface area contributed by atoms with E-state index in [0.717, 1.165) is 4.47 Å². The first-order chi connectivity index (χ1) is 17.0. The summed E-state index contributed by atoms with van der Waals surface area (Å²) in [7, 11) is 0. The summed E-state index contributed by atoms with van der Waals surface area (Å²) in [5.74, 6) is 0. The summed E-state index contributed by atoms with van der Waals surface area (Å²) in [6.45, 7) is 4.72. The van der Waals surface area contributed by atoms with Crippen LogP contribution in [0.5, 0.6) is 0 Å². The fraction of sp³-hybridized carbons (Fsp3) is 0.0909. The van der Waals surface area contributed by atoms with Crippen LogP contribution in [0.4, 0.5) is 0 Å². The molecule has 0 aliphatic carbocycles. The van der Waals surface area contributed by atoms with Crippen LogP contribution in [0.3, 0.4) is 0 Å². The number of halogens is 1. The maximum atomic E-state index is 3.74. The molecule has 0 N–H and O–H groups in total. The van der Waals surface area contributed by atoms with E-state index in [-0.39, 0.29) is 5.41 Å². The summed E-state index contributed by atoms with van der Waals surface area (Å²) in [5.41, 5.74) is 11.4. The molecule has 1 aliphatic rings. The lowest BCUT2D eigenvalue weighted by atomic mass is 9.74. The van der Waals surface area contributed by atoms with Gasteiger partial charge in [-0.1, -0.05) is 96.5 Å². The number of hydrogen-bond acceptors (Lipinski definition) is 0. The molecule has 1 aromatic heterocycles. The smallest absolute Gasteiger partial charge is 0.0582 e. The van der Waals surface area contributed by atoms with E-state index in [9.17, 15) is 0 Å². The Morgan fingerprint density at radius 2 is 1.23 bits per heavy atom. The molecule has 0 atom stereocenters. The van der Waals surface area contributed by atoms with Crippen LogP contribution in [0.1, 0.15) is 25.0 Å². The van der Waals surface area contributed by atoms with Crippen molar-refractivity contribution >= 4 is 37.7 Å². The normalized spacial score (nSPS) is 13.8. The molecule has 0 unspecified atom stereocenters. The molecule has 35 heavy (non-hydrogen) atoms. The Bertz CT molecular complexity index is 1760. The topological polar surface area (TPSA) is 4.93 Å². The largest absolute Gasteiger partial charge is 0.309 e. The van der Waals surface area contributed by atoms with E-state index in [1.165, 1.54) is 60.9 Å². The van der Waals surface area contributed by atoms with Crippen LogP contribution >= 0.6 is 15.9 Å². The van der Waals surface area contributed by atoms with Gasteiger partial charge in [0, 0.05) is 20.7 Å². The van der Waals surface area contributed by atoms with Gasteiger partial charge in [-0.05, 0) is 75.8 Å². The van der Waals surface area contributed by atoms with Crippen LogP contribution in [0.2, 0.25) is 0 Å². The molecule has 0 radical (unpaired) electrons. The Morgan fingerprint density at radius 3 is 1.94 bits per heavy atom. The van der Waals surface area contributed by atoms with Crippen LogP contribution in [0.25, 0.3) is 49.7 Å². The zero-order chi connectivity index (χ0) is 23.7. The third kappa shape index (κ3) is 3.00. The Morgan fingerprint density at radius 1 is 0.571 bits per heavy atom. The van der Waals surface area contributed by atoms with E-state index in [0.29, 0.717) is 0 Å². The highest BCUT2D eigenvalue weighted by molar-refractivity contribution is 9.10. The monoisotopic (exact) mass is 513 g/mol. The van der Waals surface area contributed by atoms with Crippen molar-refractivity contribution < 1.29 is 0 Å². The molecule has 5 aromatic carbocycles. The van der Waals surface area contributed by atoms with E-state index >= 15 is 0 Å². The van der Waals surface area contributed by atoms with Crippen LogP contribution in [0, 0.1) is 0 Å². The molecule has 1 aliphatic heterocycles. The summed E-state index contributed by atoms with van der Waals surface area (Å²) in [6.07, 6.45) is 0. The second-order valence-electron chi connectivity index (χ2n) is 10.0. The fourth-order valence-corrected chi connectivity index (χ4v) is 6.19. The first-order valence-corrected chi connectivity index (χ1v) is 12.9. The van der Waals surface area contributed by atoms with Gasteiger partial charge in [0.1, 0.15) is 0 Å². The molecule has 0 saturated carbocycles. The first kappa shape index (κ1) is 20.7. The van der Waals surface area contributed by atoms with Crippen molar-refractivity contribution in [3.8, 4) is 27.9 Å². The summed E-state index contributed by atoms with van der Waals surface area (Å²) in [6, 6.07) is 39.9. The van der Waals surface area contributed by atoms with Gasteiger partial charge in [0.25, 0.3) is 0 Å². The lowest BCUT2D eigenvalue weighted by Crippen LogP contribution is -2.26. The second-order valence-corrected chi connectivity index (χ2v) is 10.9. The van der Waals surface area contributed by atoms with Gasteiger partial charge in [-0.2, -0.15) is 0 Å². The predicted molar refractivity (Wildman–Crippen MR) is 151 cm³/mol. The van der Waals surface area contributed by atoms with Gasteiger partial charge in [-0.3, -0.25) is 0 Å². The van der Waals surface area contributed by atoms with Crippen molar-refractivity contribution in [3.05, 3.63) is 125 Å². The number of fused-ring (bicyclic) bond motifs is 5. The van der Waals surface area contributed by atoms with Crippen LogP contribution in [-0.4, -0.2) is 4.57 Å². The highest BCUT2D eigenvalue weighted by Crippen LogP contribution is 2.49. The van der Waals surface area contributed by atoms with Crippen molar-refractivity contribution in [2.75, 3.05) is 0 Å². The summed E-state index contributed by atoms with van der Waals surface area (Å²) >= 11 is 3.74. The Kier molecular flexibility index (Phi) is 4.40. The van der Waals surface area contributed by atoms with Crippen molar-refractivity contribution in [3.63, 3.8) is 0 Å². The maximum Gasteiger partial charge on any atom is 0.0582 e. The molecule has 6 aromatic rings. The third-order valence-electron chi connectivity index (χ3n) is 7.62. The predicted octanol–water partition coefficient (Wildman–Crippen LogP) is 9.52. The van der Waals surface area contributed by atoms with Crippen molar-refractivity contribution in [2.24, 2.45) is 0 Å². The summed E-state index contributed by atoms with van der Waals surface area (Å²) in [5, 5.41) is 2.61. The maximum absolute atomic E-state index is 3.74. The lowest BCUT2D eigenvalue weighted by Gasteiger charge is -2.35. The highest BCUT2D eigenvalue weighted by Gasteiger charge is 2.35. The number of nitrogens with zero attached hydrogens (tertiary/aromatic N) is 1. The third-order valence-corrected chi connectivity index (χ3v) is 8.11. The highest BCUT2D eigenvalue weighted by atomic mass is 79.9. The first-order valence-electron chi connectivity index (χ1n) is 12.1. The number of hydrogen-bond donors (Lipinski definition) is 0. The zero-order valence-electron chi connectivity index (χ0n) is 19.7. The number of benzene rings is 5. The average Bonchev–Trinajstić information content (AvgIpc) is 3.22. The minimum absolute atomic E-state index is 0.130. The molecule has 0 spiro atoms. The van der Waals surface area contributed by atoms with Gasteiger partial charge >= 0.3 is 0 Å². The van der Waals surface area contributed by atoms with E-state index in [2.05, 4.69) is 144 Å². The van der Waals surface area contributed by atoms with Crippen LogP contribution in [-0.2, 0) is 5.41 Å². The standard InChI is InChI=1S/C33H24BrN/c1-33(2)28-20-25(34)14-16-31(28)35-30-15-13-23(21-9-5-3-6-10-21)17-26(30)27-18-24(19-29(33)32(27)35)22-11-7-4-8-12-22/h3-20H,1-2H3. The van der Waals surface area contributed by atoms with E-state index in [4.69, 9.17) is 0 Å². The van der Waals surface area contributed by atoms with Gasteiger partial charge in [0.2, 0.25) is 0 Å².